The number of nitrogens with zero attached hydrogens (tertiary/aromatic N) is 3. The largest absolute Gasteiger partial charge is 0.355 e. The Hall–Kier alpha value is -3.13. The van der Waals surface area contributed by atoms with Crippen LogP contribution in [0.4, 0.5) is 4.39 Å². The normalized spacial score (nSPS) is 18.0. The predicted octanol–water partition coefficient (Wildman–Crippen LogP) is 4.47. The number of carbonyl (C=O) groups excluding carboxylic acids is 2. The summed E-state index contributed by atoms with van der Waals surface area (Å²) in [6.07, 6.45) is 1.76. The first kappa shape index (κ1) is 22.1. The molecule has 0 spiro atoms. The first-order valence-electron chi connectivity index (χ1n) is 10.8. The number of hydrogen-bond acceptors (Lipinski definition) is 6. The number of rotatable bonds is 6. The minimum Gasteiger partial charge on any atom is -0.355 e. The number of piperidine rings is 1. The van der Waals surface area contributed by atoms with Gasteiger partial charge in [0.05, 0.1) is 17.7 Å². The van der Waals surface area contributed by atoms with Gasteiger partial charge in [-0.3, -0.25) is 14.5 Å². The van der Waals surface area contributed by atoms with Gasteiger partial charge in [-0.1, -0.05) is 17.3 Å². The quantitative estimate of drug-likeness (QED) is 0.571. The van der Waals surface area contributed by atoms with Crippen molar-refractivity contribution in [1.82, 2.24) is 20.0 Å². The van der Waals surface area contributed by atoms with Crippen LogP contribution in [0, 0.1) is 19.7 Å². The molecular formula is C24H27FN4O3. The number of benzene rings is 1. The van der Waals surface area contributed by atoms with Crippen molar-refractivity contribution in [1.29, 1.82) is 0 Å². The minimum atomic E-state index is -0.361. The molecule has 4 rings (SSSR count). The van der Waals surface area contributed by atoms with Crippen molar-refractivity contribution in [2.24, 2.45) is 0 Å². The number of H-pyrrole nitrogens is 1. The van der Waals surface area contributed by atoms with Crippen molar-refractivity contribution >= 4 is 11.6 Å². The lowest BCUT2D eigenvalue weighted by Crippen LogP contribution is -2.44. The number of Topliss-reactive ketones (excluding diaryl/α,β-unsaturated/α-hetero) is 2. The van der Waals surface area contributed by atoms with Crippen molar-refractivity contribution in [2.45, 2.75) is 52.5 Å². The molecule has 1 aliphatic heterocycles. The van der Waals surface area contributed by atoms with Crippen molar-refractivity contribution in [2.75, 3.05) is 13.1 Å². The average molecular weight is 439 g/mol. The molecule has 2 atom stereocenters. The van der Waals surface area contributed by atoms with Crippen LogP contribution in [0.3, 0.4) is 0 Å². The molecule has 0 amide bonds. The molecule has 1 N–H and O–H groups in total. The van der Waals surface area contributed by atoms with E-state index in [1.54, 1.807) is 12.1 Å². The molecule has 7 nitrogen and oxygen atoms in total. The van der Waals surface area contributed by atoms with E-state index in [4.69, 9.17) is 4.52 Å². The molecule has 1 fully saturated rings. The van der Waals surface area contributed by atoms with Crippen LogP contribution in [-0.2, 0) is 0 Å². The molecule has 3 heterocycles. The van der Waals surface area contributed by atoms with Crippen molar-refractivity contribution in [3.8, 4) is 11.4 Å². The predicted molar refractivity (Wildman–Crippen MR) is 117 cm³/mol. The Morgan fingerprint density at radius 1 is 1.31 bits per heavy atom. The summed E-state index contributed by atoms with van der Waals surface area (Å²) in [6.45, 7) is 8.42. The lowest BCUT2D eigenvalue weighted by molar-refractivity contribution is 0.0772. The van der Waals surface area contributed by atoms with Gasteiger partial charge in [0.15, 0.2) is 11.6 Å². The number of aromatic nitrogens is 3. The molecule has 2 unspecified atom stereocenters. The lowest BCUT2D eigenvalue weighted by Gasteiger charge is -2.34. The highest BCUT2D eigenvalue weighted by Gasteiger charge is 2.33. The summed E-state index contributed by atoms with van der Waals surface area (Å²) in [5.41, 5.74) is 3.08. The van der Waals surface area contributed by atoms with E-state index in [9.17, 15) is 14.0 Å². The van der Waals surface area contributed by atoms with Crippen LogP contribution < -0.4 is 0 Å². The first-order chi connectivity index (χ1) is 15.3. The van der Waals surface area contributed by atoms with E-state index < -0.39 is 0 Å². The Morgan fingerprint density at radius 2 is 2.09 bits per heavy atom. The van der Waals surface area contributed by atoms with E-state index in [1.165, 1.54) is 19.1 Å². The summed E-state index contributed by atoms with van der Waals surface area (Å²) in [4.78, 5) is 34.9. The van der Waals surface area contributed by atoms with Gasteiger partial charge in [0.25, 0.3) is 0 Å². The fraction of sp³-hybridized carbons (Fsp3) is 0.417. The Labute approximate surface area is 186 Å². The van der Waals surface area contributed by atoms with Crippen LogP contribution in [0.2, 0.25) is 0 Å². The summed E-state index contributed by atoms with van der Waals surface area (Å²) < 4.78 is 19.0. The number of hydrogen-bond donors (Lipinski definition) is 1. The fourth-order valence-corrected chi connectivity index (χ4v) is 4.60. The smallest absolute Gasteiger partial charge is 0.231 e. The van der Waals surface area contributed by atoms with Crippen LogP contribution in [0.5, 0.6) is 0 Å². The van der Waals surface area contributed by atoms with E-state index in [1.807, 2.05) is 20.8 Å². The molecule has 8 heteroatoms. The van der Waals surface area contributed by atoms with Gasteiger partial charge in [0.2, 0.25) is 11.7 Å². The molecule has 1 aromatic carbocycles. The van der Waals surface area contributed by atoms with E-state index in [0.717, 1.165) is 25.1 Å². The zero-order valence-electron chi connectivity index (χ0n) is 18.7. The molecule has 0 radical (unpaired) electrons. The van der Waals surface area contributed by atoms with Crippen LogP contribution in [0.1, 0.15) is 70.6 Å². The molecule has 168 valence electrons. The summed E-state index contributed by atoms with van der Waals surface area (Å²) >= 11 is 0. The number of aryl methyl sites for hydroxylation is 1. The molecule has 2 aromatic heterocycles. The standard InChI is InChI=1S/C24H27FN4O3/c1-13-20(16(4)30)14(2)26-21(13)22(31)15(3)29-10-6-8-18(12-29)24-27-23(28-32-24)17-7-5-9-19(25)11-17/h5,7,9,11,15,18,26H,6,8,10,12H2,1-4H3. The van der Waals surface area contributed by atoms with Gasteiger partial charge in [-0.2, -0.15) is 4.98 Å². The lowest BCUT2D eigenvalue weighted by atomic mass is 9.95. The average Bonchev–Trinajstić information content (AvgIpc) is 3.37. The van der Waals surface area contributed by atoms with Gasteiger partial charge < -0.3 is 9.51 Å². The van der Waals surface area contributed by atoms with Crippen LogP contribution in [0.25, 0.3) is 11.4 Å². The number of aromatic amines is 1. The summed E-state index contributed by atoms with van der Waals surface area (Å²) in [5, 5.41) is 4.02. The zero-order valence-corrected chi connectivity index (χ0v) is 18.7. The zero-order chi connectivity index (χ0) is 23.0. The van der Waals surface area contributed by atoms with Crippen LogP contribution in [-0.4, -0.2) is 50.7 Å². The van der Waals surface area contributed by atoms with Gasteiger partial charge in [0.1, 0.15) is 5.82 Å². The second kappa shape index (κ2) is 8.78. The van der Waals surface area contributed by atoms with E-state index in [-0.39, 0.29) is 29.3 Å². The molecule has 0 bridgehead atoms. The molecule has 3 aromatic rings. The third-order valence-corrected chi connectivity index (χ3v) is 6.29. The van der Waals surface area contributed by atoms with Crippen molar-refractivity contribution in [3.05, 3.63) is 58.5 Å². The Kier molecular flexibility index (Phi) is 6.06. The maximum atomic E-state index is 13.5. The van der Waals surface area contributed by atoms with Gasteiger partial charge in [-0.25, -0.2) is 4.39 Å². The third-order valence-electron chi connectivity index (χ3n) is 6.29. The van der Waals surface area contributed by atoms with E-state index in [2.05, 4.69) is 20.0 Å². The van der Waals surface area contributed by atoms with Crippen molar-refractivity contribution in [3.63, 3.8) is 0 Å². The number of likely N-dealkylation sites (tertiary alicyclic amines) is 1. The molecule has 1 saturated heterocycles. The number of ketones is 2. The second-order valence-corrected chi connectivity index (χ2v) is 8.52. The van der Waals surface area contributed by atoms with E-state index >= 15 is 0 Å². The Balaban J connectivity index is 1.50. The molecule has 0 saturated carbocycles. The highest BCUT2D eigenvalue weighted by molar-refractivity contribution is 6.05. The first-order valence-corrected chi connectivity index (χ1v) is 10.8. The molecule has 32 heavy (non-hydrogen) atoms. The molecular weight excluding hydrogens is 411 g/mol. The topological polar surface area (TPSA) is 92.1 Å². The maximum Gasteiger partial charge on any atom is 0.231 e. The maximum absolute atomic E-state index is 13.5. The summed E-state index contributed by atoms with van der Waals surface area (Å²) in [7, 11) is 0. The van der Waals surface area contributed by atoms with Gasteiger partial charge >= 0.3 is 0 Å². The van der Waals surface area contributed by atoms with E-state index in [0.29, 0.717) is 40.6 Å². The van der Waals surface area contributed by atoms with Crippen LogP contribution in [0.15, 0.2) is 28.8 Å². The van der Waals surface area contributed by atoms with Crippen LogP contribution >= 0.6 is 0 Å². The van der Waals surface area contributed by atoms with Gasteiger partial charge in [0, 0.05) is 23.4 Å². The summed E-state index contributed by atoms with van der Waals surface area (Å²) in [6, 6.07) is 5.73. The highest BCUT2D eigenvalue weighted by atomic mass is 19.1. The highest BCUT2D eigenvalue weighted by Crippen LogP contribution is 2.30. The third kappa shape index (κ3) is 4.14. The molecule has 0 aliphatic carbocycles. The minimum absolute atomic E-state index is 0.00642. The Morgan fingerprint density at radius 3 is 2.78 bits per heavy atom. The number of carbonyl (C=O) groups is 2. The summed E-state index contributed by atoms with van der Waals surface area (Å²) in [5.74, 6) is 0.409. The van der Waals surface area contributed by atoms with Gasteiger partial charge in [-0.15, -0.1) is 0 Å². The SMILES string of the molecule is CC(=O)c1c(C)[nH]c(C(=O)C(C)N2CCCC(c3nc(-c4cccc(F)c4)no3)C2)c1C. The number of nitrogens with one attached hydrogen (secondary N) is 1. The monoisotopic (exact) mass is 438 g/mol. The molecule has 1 aliphatic rings. The van der Waals surface area contributed by atoms with Gasteiger partial charge in [-0.05, 0) is 64.8 Å². The van der Waals surface area contributed by atoms with Crippen molar-refractivity contribution < 1.29 is 18.5 Å². The Bertz CT molecular complexity index is 1170. The fourth-order valence-electron chi connectivity index (χ4n) is 4.60. The number of halogens is 1. The second-order valence-electron chi connectivity index (χ2n) is 8.52.